The highest BCUT2D eigenvalue weighted by atomic mass is 16.5. The summed E-state index contributed by atoms with van der Waals surface area (Å²) >= 11 is 0. The van der Waals surface area contributed by atoms with Crippen molar-refractivity contribution in [1.29, 1.82) is 0 Å². The van der Waals surface area contributed by atoms with Gasteiger partial charge in [0.05, 0.1) is 12.2 Å². The quantitative estimate of drug-likeness (QED) is 0.669. The van der Waals surface area contributed by atoms with Gasteiger partial charge >= 0.3 is 0 Å². The molecule has 4 heteroatoms. The molecular formula is C11H22N2O2. The van der Waals surface area contributed by atoms with E-state index < -0.39 is 5.60 Å². The van der Waals surface area contributed by atoms with Gasteiger partial charge in [-0.05, 0) is 26.3 Å². The van der Waals surface area contributed by atoms with Crippen LogP contribution in [0, 0.1) is 5.41 Å². The molecule has 0 radical (unpaired) electrons. The van der Waals surface area contributed by atoms with Gasteiger partial charge in [0, 0.05) is 31.7 Å². The molecule has 3 N–H and O–H groups in total. The fourth-order valence-electron chi connectivity index (χ4n) is 2.84. The van der Waals surface area contributed by atoms with Gasteiger partial charge in [-0.1, -0.05) is 0 Å². The summed E-state index contributed by atoms with van der Waals surface area (Å²) in [5.74, 6) is 0. The maximum absolute atomic E-state index is 10.8. The van der Waals surface area contributed by atoms with Crippen LogP contribution in [-0.2, 0) is 4.74 Å². The van der Waals surface area contributed by atoms with E-state index in [0.29, 0.717) is 13.2 Å². The second-order valence-electron chi connectivity index (χ2n) is 5.12. The summed E-state index contributed by atoms with van der Waals surface area (Å²) in [5.41, 5.74) is 5.07. The lowest BCUT2D eigenvalue weighted by molar-refractivity contribution is -0.116. The third kappa shape index (κ3) is 1.80. The first-order chi connectivity index (χ1) is 7.12. The molecule has 1 atom stereocenters. The molecule has 0 aromatic rings. The molecule has 0 aromatic carbocycles. The zero-order chi connectivity index (χ0) is 10.9. The van der Waals surface area contributed by atoms with E-state index in [9.17, 15) is 5.11 Å². The summed E-state index contributed by atoms with van der Waals surface area (Å²) in [7, 11) is 2.10. The first-order valence-corrected chi connectivity index (χ1v) is 5.81. The maximum Gasteiger partial charge on any atom is 0.0763 e. The van der Waals surface area contributed by atoms with Crippen LogP contribution in [0.5, 0.6) is 0 Å². The van der Waals surface area contributed by atoms with E-state index in [1.54, 1.807) is 0 Å². The highest BCUT2D eigenvalue weighted by Crippen LogP contribution is 2.44. The Morgan fingerprint density at radius 3 is 2.47 bits per heavy atom. The fourth-order valence-corrected chi connectivity index (χ4v) is 2.84. The van der Waals surface area contributed by atoms with Crippen molar-refractivity contribution in [3.8, 4) is 0 Å². The standard InChI is InChI=1S/C11H22N2O2/c1-13-5-2-11(14,3-6-13)10(8-12)4-7-15-9-10/h14H,2-9,12H2,1H3. The minimum atomic E-state index is -0.606. The van der Waals surface area contributed by atoms with Crippen LogP contribution >= 0.6 is 0 Å². The van der Waals surface area contributed by atoms with Crippen molar-refractivity contribution < 1.29 is 9.84 Å². The lowest BCUT2D eigenvalue weighted by Crippen LogP contribution is -2.57. The van der Waals surface area contributed by atoms with Gasteiger partial charge in [0.15, 0.2) is 0 Å². The first kappa shape index (κ1) is 11.3. The molecule has 0 aliphatic carbocycles. The van der Waals surface area contributed by atoms with E-state index in [4.69, 9.17) is 10.5 Å². The lowest BCUT2D eigenvalue weighted by Gasteiger charge is -2.47. The first-order valence-electron chi connectivity index (χ1n) is 5.81. The molecule has 2 saturated heterocycles. The normalized spacial score (nSPS) is 37.0. The zero-order valence-corrected chi connectivity index (χ0v) is 9.54. The molecular weight excluding hydrogens is 192 g/mol. The summed E-state index contributed by atoms with van der Waals surface area (Å²) in [4.78, 5) is 2.26. The van der Waals surface area contributed by atoms with Crippen LogP contribution in [0.25, 0.3) is 0 Å². The number of aliphatic hydroxyl groups is 1. The van der Waals surface area contributed by atoms with E-state index >= 15 is 0 Å². The third-order valence-corrected chi connectivity index (χ3v) is 4.30. The molecule has 0 saturated carbocycles. The van der Waals surface area contributed by atoms with Gasteiger partial charge in [-0.2, -0.15) is 0 Å². The van der Waals surface area contributed by atoms with Crippen LogP contribution in [0.3, 0.4) is 0 Å². The Labute approximate surface area is 91.4 Å². The summed E-state index contributed by atoms with van der Waals surface area (Å²) in [6.45, 7) is 3.82. The zero-order valence-electron chi connectivity index (χ0n) is 9.54. The van der Waals surface area contributed by atoms with Gasteiger partial charge in [-0.3, -0.25) is 0 Å². The average Bonchev–Trinajstić information content (AvgIpc) is 2.73. The summed E-state index contributed by atoms with van der Waals surface area (Å²) in [5, 5.41) is 10.8. The number of ether oxygens (including phenoxy) is 1. The Balaban J connectivity index is 2.12. The fraction of sp³-hybridized carbons (Fsp3) is 1.00. The number of piperidine rings is 1. The number of nitrogens with zero attached hydrogens (tertiary/aromatic N) is 1. The van der Waals surface area contributed by atoms with E-state index in [1.165, 1.54) is 0 Å². The molecule has 2 rings (SSSR count). The monoisotopic (exact) mass is 214 g/mol. The van der Waals surface area contributed by atoms with Crippen LogP contribution < -0.4 is 5.73 Å². The van der Waals surface area contributed by atoms with Gasteiger partial charge in [0.25, 0.3) is 0 Å². The van der Waals surface area contributed by atoms with E-state index in [2.05, 4.69) is 11.9 Å². The number of hydrogen-bond donors (Lipinski definition) is 2. The Morgan fingerprint density at radius 2 is 2.00 bits per heavy atom. The van der Waals surface area contributed by atoms with Crippen LogP contribution in [0.1, 0.15) is 19.3 Å². The summed E-state index contributed by atoms with van der Waals surface area (Å²) in [6, 6.07) is 0. The average molecular weight is 214 g/mol. The molecule has 4 nitrogen and oxygen atoms in total. The van der Waals surface area contributed by atoms with Crippen molar-refractivity contribution >= 4 is 0 Å². The smallest absolute Gasteiger partial charge is 0.0763 e. The second kappa shape index (κ2) is 4.01. The molecule has 0 aromatic heterocycles. The van der Waals surface area contributed by atoms with Crippen LogP contribution in [0.2, 0.25) is 0 Å². The molecule has 15 heavy (non-hydrogen) atoms. The predicted molar refractivity (Wildman–Crippen MR) is 58.6 cm³/mol. The molecule has 2 fully saturated rings. The number of likely N-dealkylation sites (tertiary alicyclic amines) is 1. The second-order valence-corrected chi connectivity index (χ2v) is 5.12. The minimum absolute atomic E-state index is 0.186. The lowest BCUT2D eigenvalue weighted by atomic mass is 9.66. The van der Waals surface area contributed by atoms with Gasteiger partial charge in [-0.15, -0.1) is 0 Å². The van der Waals surface area contributed by atoms with Gasteiger partial charge in [0.1, 0.15) is 0 Å². The largest absolute Gasteiger partial charge is 0.389 e. The van der Waals surface area contributed by atoms with Crippen molar-refractivity contribution in [2.24, 2.45) is 11.1 Å². The van der Waals surface area contributed by atoms with Gasteiger partial charge < -0.3 is 20.5 Å². The van der Waals surface area contributed by atoms with Crippen molar-refractivity contribution in [2.45, 2.75) is 24.9 Å². The van der Waals surface area contributed by atoms with E-state index in [1.807, 2.05) is 0 Å². The van der Waals surface area contributed by atoms with Crippen LogP contribution in [0.15, 0.2) is 0 Å². The Hall–Kier alpha value is -0.160. The third-order valence-electron chi connectivity index (χ3n) is 4.30. The SMILES string of the molecule is CN1CCC(O)(C2(CN)CCOC2)CC1. The Kier molecular flexibility index (Phi) is 3.03. The van der Waals surface area contributed by atoms with E-state index in [0.717, 1.165) is 39.0 Å². The van der Waals surface area contributed by atoms with Gasteiger partial charge in [0.2, 0.25) is 0 Å². The van der Waals surface area contributed by atoms with Crippen molar-refractivity contribution in [2.75, 3.05) is 39.9 Å². The topological polar surface area (TPSA) is 58.7 Å². The van der Waals surface area contributed by atoms with E-state index in [-0.39, 0.29) is 5.41 Å². The molecule has 0 bridgehead atoms. The van der Waals surface area contributed by atoms with Gasteiger partial charge in [-0.25, -0.2) is 0 Å². The molecule has 88 valence electrons. The molecule has 0 spiro atoms. The molecule has 2 heterocycles. The summed E-state index contributed by atoms with van der Waals surface area (Å²) in [6.07, 6.45) is 2.55. The van der Waals surface area contributed by atoms with Crippen LogP contribution in [0.4, 0.5) is 0 Å². The molecule has 1 unspecified atom stereocenters. The number of rotatable bonds is 2. The molecule has 2 aliphatic heterocycles. The summed E-state index contributed by atoms with van der Waals surface area (Å²) < 4.78 is 5.44. The molecule has 2 aliphatic rings. The number of nitrogens with two attached hydrogens (primary N) is 1. The van der Waals surface area contributed by atoms with Crippen LogP contribution in [-0.4, -0.2) is 55.5 Å². The predicted octanol–water partition coefficient (Wildman–Crippen LogP) is -0.191. The minimum Gasteiger partial charge on any atom is -0.389 e. The molecule has 0 amide bonds. The van der Waals surface area contributed by atoms with Crippen molar-refractivity contribution in [3.63, 3.8) is 0 Å². The highest BCUT2D eigenvalue weighted by molar-refractivity contribution is 5.03. The Morgan fingerprint density at radius 1 is 1.33 bits per heavy atom. The van der Waals surface area contributed by atoms with Crippen molar-refractivity contribution in [1.82, 2.24) is 4.90 Å². The maximum atomic E-state index is 10.8. The highest BCUT2D eigenvalue weighted by Gasteiger charge is 2.52. The van der Waals surface area contributed by atoms with Crippen molar-refractivity contribution in [3.05, 3.63) is 0 Å². The Bertz CT molecular complexity index is 219. The number of hydrogen-bond acceptors (Lipinski definition) is 4.